The summed E-state index contributed by atoms with van der Waals surface area (Å²) in [7, 11) is 0. The first-order chi connectivity index (χ1) is 21.5. The van der Waals surface area contributed by atoms with Crippen LogP contribution in [0.3, 0.4) is 0 Å². The summed E-state index contributed by atoms with van der Waals surface area (Å²) in [5.41, 5.74) is 3.96. The second kappa shape index (κ2) is 15.2. The lowest BCUT2D eigenvalue weighted by atomic mass is 10.1. The van der Waals surface area contributed by atoms with Crippen molar-refractivity contribution in [3.63, 3.8) is 0 Å². The number of ether oxygens (including phenoxy) is 3. The van der Waals surface area contributed by atoms with Crippen LogP contribution in [0.15, 0.2) is 72.8 Å². The second-order valence-corrected chi connectivity index (χ2v) is 11.9. The number of benzene rings is 3. The summed E-state index contributed by atoms with van der Waals surface area (Å²) in [5.74, 6) is 1.46. The molecule has 10 heteroatoms. The smallest absolute Gasteiger partial charge is 0.413 e. The minimum absolute atomic E-state index is 0.0347. The van der Waals surface area contributed by atoms with Crippen LogP contribution < -0.4 is 20.4 Å². The average molecular weight is 613 g/mol. The molecule has 0 fully saturated rings. The summed E-state index contributed by atoms with van der Waals surface area (Å²) in [4.78, 5) is 11.9. The molecule has 10 nitrogen and oxygen atoms in total. The van der Waals surface area contributed by atoms with Gasteiger partial charge in [0.15, 0.2) is 0 Å². The number of hydrogen-bond acceptors (Lipinski definition) is 7. The van der Waals surface area contributed by atoms with E-state index in [1.54, 1.807) is 52.0 Å². The van der Waals surface area contributed by atoms with E-state index in [9.17, 15) is 4.79 Å². The number of aromatic nitrogens is 2. The van der Waals surface area contributed by atoms with Gasteiger partial charge < -0.3 is 28.8 Å². The van der Waals surface area contributed by atoms with Crippen molar-refractivity contribution in [2.45, 2.75) is 72.1 Å². The van der Waals surface area contributed by atoms with Gasteiger partial charge in [-0.25, -0.2) is 4.79 Å². The largest absolute Gasteiger partial charge is 0.494 e. The van der Waals surface area contributed by atoms with Crippen molar-refractivity contribution in [1.29, 1.82) is 16.2 Å². The highest BCUT2D eigenvalue weighted by atomic mass is 16.6. The third kappa shape index (κ3) is 9.56. The molecule has 0 radical (unpaired) electrons. The summed E-state index contributed by atoms with van der Waals surface area (Å²) in [5, 5.41) is 27.2. The number of hydrogen-bond donors (Lipinski definition) is 4. The molecule has 1 heterocycles. The molecule has 0 aliphatic carbocycles. The zero-order valence-electron chi connectivity index (χ0n) is 26.6. The molecule has 4 N–H and O–H groups in total. The van der Waals surface area contributed by atoms with Crippen molar-refractivity contribution in [3.05, 3.63) is 89.5 Å². The van der Waals surface area contributed by atoms with E-state index in [0.717, 1.165) is 61.1 Å². The fraction of sp³-hybridized carbons (Fsp3) is 0.371. The molecule has 0 spiro atoms. The molecule has 0 aliphatic heterocycles. The SMILES string of the molecule is CC(=N)c1ccc(OCCCCn2c(=N)n(CCCCOc3ccc(C(=N)NC(=O)OC(C)(C)C)cc3)c3ccccc32)cc1. The van der Waals surface area contributed by atoms with Crippen LogP contribution in [0.25, 0.3) is 11.0 Å². The van der Waals surface area contributed by atoms with Crippen molar-refractivity contribution in [2.24, 2.45) is 0 Å². The minimum Gasteiger partial charge on any atom is -0.494 e. The summed E-state index contributed by atoms with van der Waals surface area (Å²) < 4.78 is 21.1. The zero-order chi connectivity index (χ0) is 32.4. The number of imidazole rings is 1. The molecule has 4 rings (SSSR count). The number of unbranched alkanes of at least 4 members (excludes halogenated alkanes) is 2. The standard InChI is InChI=1S/C35H44N6O4/c1-25(36)26-13-17-28(18-14-26)43-23-9-7-21-40-30-11-5-6-12-31(30)41(33(40)38)22-8-10-24-44-29-19-15-27(16-20-29)32(37)39-34(42)45-35(2,3)4/h5-6,11-20,36,38H,7-10,21-24H2,1-4H3,(H2,37,39,42). The van der Waals surface area contributed by atoms with E-state index >= 15 is 0 Å². The molecule has 4 aromatic rings. The molecule has 0 saturated carbocycles. The van der Waals surface area contributed by atoms with Crippen LogP contribution in [-0.4, -0.2) is 45.6 Å². The van der Waals surface area contributed by atoms with Crippen LogP contribution in [0.2, 0.25) is 0 Å². The summed E-state index contributed by atoms with van der Waals surface area (Å²) >= 11 is 0. The predicted molar refractivity (Wildman–Crippen MR) is 177 cm³/mol. The van der Waals surface area contributed by atoms with E-state index < -0.39 is 11.7 Å². The number of alkyl carbamates (subject to hydrolysis) is 1. The summed E-state index contributed by atoms with van der Waals surface area (Å²) in [6.45, 7) is 9.68. The first-order valence-corrected chi connectivity index (χ1v) is 15.3. The molecule has 0 saturated heterocycles. The van der Waals surface area contributed by atoms with Gasteiger partial charge in [-0.3, -0.25) is 16.1 Å². The number of fused-ring (bicyclic) bond motifs is 1. The van der Waals surface area contributed by atoms with Gasteiger partial charge in [-0.2, -0.15) is 0 Å². The Kier molecular flexibility index (Phi) is 11.2. The maximum atomic E-state index is 11.9. The van der Waals surface area contributed by atoms with Gasteiger partial charge in [0.05, 0.1) is 24.2 Å². The number of para-hydroxylation sites is 2. The number of carbonyl (C=O) groups is 1. The van der Waals surface area contributed by atoms with Gasteiger partial charge in [-0.05, 0) is 120 Å². The van der Waals surface area contributed by atoms with E-state index in [1.807, 2.05) is 36.4 Å². The molecule has 0 unspecified atom stereocenters. The minimum atomic E-state index is -0.659. The molecule has 0 bridgehead atoms. The van der Waals surface area contributed by atoms with Crippen molar-refractivity contribution < 1.29 is 19.0 Å². The Morgan fingerprint density at radius 1 is 0.733 bits per heavy atom. The van der Waals surface area contributed by atoms with E-state index in [1.165, 1.54) is 0 Å². The van der Waals surface area contributed by atoms with E-state index in [0.29, 0.717) is 35.9 Å². The number of carbonyl (C=O) groups excluding carboxylic acids is 1. The van der Waals surface area contributed by atoms with Crippen LogP contribution >= 0.6 is 0 Å². The molecule has 1 amide bonds. The summed E-state index contributed by atoms with van der Waals surface area (Å²) in [6.07, 6.45) is 2.79. The number of amides is 1. The van der Waals surface area contributed by atoms with Crippen molar-refractivity contribution in [2.75, 3.05) is 13.2 Å². The highest BCUT2D eigenvalue weighted by molar-refractivity contribution is 6.04. The van der Waals surface area contributed by atoms with E-state index in [2.05, 4.69) is 26.6 Å². The monoisotopic (exact) mass is 612 g/mol. The predicted octanol–water partition coefficient (Wildman–Crippen LogP) is 6.88. The van der Waals surface area contributed by atoms with Gasteiger partial charge in [-0.1, -0.05) is 12.1 Å². The quantitative estimate of drug-likeness (QED) is 0.0701. The molecule has 3 aromatic carbocycles. The lowest BCUT2D eigenvalue weighted by molar-refractivity contribution is 0.0563. The first-order valence-electron chi connectivity index (χ1n) is 15.3. The Morgan fingerprint density at radius 3 is 1.64 bits per heavy atom. The van der Waals surface area contributed by atoms with E-state index in [4.69, 9.17) is 30.4 Å². The number of rotatable bonds is 14. The van der Waals surface area contributed by atoms with Gasteiger partial charge in [0.2, 0.25) is 5.62 Å². The summed E-state index contributed by atoms with van der Waals surface area (Å²) in [6, 6.07) is 22.8. The molecular formula is C35H44N6O4. The maximum absolute atomic E-state index is 11.9. The molecule has 1 aromatic heterocycles. The Hall–Kier alpha value is -4.86. The van der Waals surface area contributed by atoms with Crippen LogP contribution in [0.1, 0.15) is 64.5 Å². The lowest BCUT2D eigenvalue weighted by Crippen LogP contribution is -2.36. The van der Waals surface area contributed by atoms with Crippen LogP contribution in [-0.2, 0) is 17.8 Å². The maximum Gasteiger partial charge on any atom is 0.413 e. The van der Waals surface area contributed by atoms with Crippen LogP contribution in [0.5, 0.6) is 11.5 Å². The number of aryl methyl sites for hydroxylation is 2. The fourth-order valence-electron chi connectivity index (χ4n) is 4.87. The van der Waals surface area contributed by atoms with Gasteiger partial charge in [-0.15, -0.1) is 0 Å². The fourth-order valence-corrected chi connectivity index (χ4v) is 4.87. The van der Waals surface area contributed by atoms with E-state index in [-0.39, 0.29) is 5.84 Å². The van der Waals surface area contributed by atoms with Crippen LogP contribution in [0, 0.1) is 16.2 Å². The lowest BCUT2D eigenvalue weighted by Gasteiger charge is -2.19. The number of amidine groups is 1. The Morgan fingerprint density at radius 2 is 1.20 bits per heavy atom. The Bertz CT molecular complexity index is 1660. The topological polar surface area (TPSA) is 138 Å². The highest BCUT2D eigenvalue weighted by Crippen LogP contribution is 2.17. The van der Waals surface area contributed by atoms with Crippen LogP contribution in [0.4, 0.5) is 4.79 Å². The first kappa shape index (κ1) is 33.0. The van der Waals surface area contributed by atoms with Crippen molar-refractivity contribution in [3.8, 4) is 11.5 Å². The zero-order valence-corrected chi connectivity index (χ0v) is 26.6. The molecule has 0 atom stereocenters. The number of nitrogens with one attached hydrogen (secondary N) is 4. The normalized spacial score (nSPS) is 11.3. The third-order valence-corrected chi connectivity index (χ3v) is 7.12. The molecule has 238 valence electrons. The Balaban J connectivity index is 1.22. The highest BCUT2D eigenvalue weighted by Gasteiger charge is 2.17. The van der Waals surface area contributed by atoms with Crippen molar-refractivity contribution >= 4 is 28.7 Å². The molecule has 0 aliphatic rings. The average Bonchev–Trinajstić information content (AvgIpc) is 3.26. The van der Waals surface area contributed by atoms with Gasteiger partial charge in [0.25, 0.3) is 0 Å². The third-order valence-electron chi connectivity index (χ3n) is 7.12. The Labute approximate surface area is 264 Å². The van der Waals surface area contributed by atoms with Crippen molar-refractivity contribution in [1.82, 2.24) is 14.5 Å². The van der Waals surface area contributed by atoms with Gasteiger partial charge >= 0.3 is 6.09 Å². The van der Waals surface area contributed by atoms with Gasteiger partial charge in [0.1, 0.15) is 22.9 Å². The molecular weight excluding hydrogens is 568 g/mol. The second-order valence-electron chi connectivity index (χ2n) is 11.9. The molecule has 45 heavy (non-hydrogen) atoms. The van der Waals surface area contributed by atoms with Gasteiger partial charge in [0, 0.05) is 24.4 Å². The number of nitrogens with zero attached hydrogens (tertiary/aromatic N) is 2.